The van der Waals surface area contributed by atoms with E-state index in [1.807, 2.05) is 18.2 Å². The van der Waals surface area contributed by atoms with Crippen molar-refractivity contribution in [3.05, 3.63) is 42.9 Å². The van der Waals surface area contributed by atoms with Crippen LogP contribution in [0.2, 0.25) is 0 Å². The first-order valence-electron chi connectivity index (χ1n) is 3.90. The first-order valence-corrected chi connectivity index (χ1v) is 3.90. The highest BCUT2D eigenvalue weighted by molar-refractivity contribution is 5.62. The second-order valence-electron chi connectivity index (χ2n) is 2.63. The molecule has 0 atom stereocenters. The van der Waals surface area contributed by atoms with E-state index in [2.05, 4.69) is 16.0 Å². The number of anilines is 1. The van der Waals surface area contributed by atoms with Crippen LogP contribution in [0.3, 0.4) is 0 Å². The number of hydrogen-bond acceptors (Lipinski definition) is 3. The summed E-state index contributed by atoms with van der Waals surface area (Å²) in [6, 6.07) is 10.3. The molecule has 2 aromatic rings. The lowest BCUT2D eigenvalue weighted by Gasteiger charge is -1.99. The van der Waals surface area contributed by atoms with E-state index >= 15 is 0 Å². The third-order valence-corrected chi connectivity index (χ3v) is 1.70. The fourth-order valence-corrected chi connectivity index (χ4v) is 1.11. The lowest BCUT2D eigenvalue weighted by atomic mass is 10.1. The van der Waals surface area contributed by atoms with Crippen molar-refractivity contribution in [2.45, 2.75) is 0 Å². The zero-order valence-corrected chi connectivity index (χ0v) is 6.94. The summed E-state index contributed by atoms with van der Waals surface area (Å²) in [7, 11) is 0. The largest absolute Gasteiger partial charge is 0.398 e. The van der Waals surface area contributed by atoms with Gasteiger partial charge < -0.3 is 5.73 Å². The maximum Gasteiger partial charge on any atom is 0.116 e. The summed E-state index contributed by atoms with van der Waals surface area (Å²) in [5, 5.41) is 0. The van der Waals surface area contributed by atoms with Gasteiger partial charge in [0.15, 0.2) is 0 Å². The molecular weight excluding hydrogens is 162 g/mol. The fraction of sp³-hybridized carbons (Fsp3) is 0. The van der Waals surface area contributed by atoms with Crippen LogP contribution in [0.15, 0.2) is 36.8 Å². The molecule has 63 valence electrons. The van der Waals surface area contributed by atoms with Gasteiger partial charge in [-0.1, -0.05) is 12.1 Å². The molecule has 0 unspecified atom stereocenters. The lowest BCUT2D eigenvalue weighted by molar-refractivity contribution is 1.17. The average molecular weight is 170 g/mol. The SMILES string of the molecule is Nc1[c]ccc(-c2ccncn2)c1. The molecule has 0 amide bonds. The average Bonchev–Trinajstić information content (AvgIpc) is 2.19. The van der Waals surface area contributed by atoms with Crippen LogP contribution >= 0.6 is 0 Å². The van der Waals surface area contributed by atoms with E-state index in [-0.39, 0.29) is 0 Å². The Morgan fingerprint density at radius 2 is 2.23 bits per heavy atom. The minimum Gasteiger partial charge on any atom is -0.398 e. The third-order valence-electron chi connectivity index (χ3n) is 1.70. The number of nitrogens with two attached hydrogens (primary N) is 1. The van der Waals surface area contributed by atoms with Crippen LogP contribution in [0.4, 0.5) is 5.69 Å². The standard InChI is InChI=1S/C10H8N3/c11-9-3-1-2-8(6-9)10-4-5-12-7-13-10/h1-2,4-7H,11H2. The Balaban J connectivity index is 2.48. The normalized spacial score (nSPS) is 9.85. The van der Waals surface area contributed by atoms with Crippen LogP contribution in [0.1, 0.15) is 0 Å². The van der Waals surface area contributed by atoms with Gasteiger partial charge in [-0.25, -0.2) is 9.97 Å². The van der Waals surface area contributed by atoms with Crippen LogP contribution in [0.5, 0.6) is 0 Å². The molecule has 1 heterocycles. The maximum absolute atomic E-state index is 5.60. The van der Waals surface area contributed by atoms with Gasteiger partial charge in [0.05, 0.1) is 5.69 Å². The Hall–Kier alpha value is -1.90. The molecule has 1 aromatic carbocycles. The van der Waals surface area contributed by atoms with Crippen molar-refractivity contribution in [1.82, 2.24) is 9.97 Å². The Labute approximate surface area is 76.3 Å². The first-order chi connectivity index (χ1) is 6.36. The van der Waals surface area contributed by atoms with E-state index in [1.165, 1.54) is 6.33 Å². The van der Waals surface area contributed by atoms with Gasteiger partial charge in [0.2, 0.25) is 0 Å². The molecular formula is C10H8N3. The van der Waals surface area contributed by atoms with Gasteiger partial charge in [-0.15, -0.1) is 0 Å². The molecule has 3 heteroatoms. The summed E-state index contributed by atoms with van der Waals surface area (Å²) in [5.74, 6) is 0. The molecule has 0 bridgehead atoms. The quantitative estimate of drug-likeness (QED) is 0.660. The van der Waals surface area contributed by atoms with E-state index in [0.29, 0.717) is 5.69 Å². The summed E-state index contributed by atoms with van der Waals surface area (Å²) in [5.41, 5.74) is 8.07. The molecule has 0 aliphatic carbocycles. The molecule has 0 aliphatic rings. The van der Waals surface area contributed by atoms with E-state index in [1.54, 1.807) is 12.3 Å². The van der Waals surface area contributed by atoms with Crippen molar-refractivity contribution < 1.29 is 0 Å². The van der Waals surface area contributed by atoms with E-state index < -0.39 is 0 Å². The number of benzene rings is 1. The maximum atomic E-state index is 5.60. The summed E-state index contributed by atoms with van der Waals surface area (Å²) in [6.45, 7) is 0. The minimum absolute atomic E-state index is 0.621. The lowest BCUT2D eigenvalue weighted by Crippen LogP contribution is -1.87. The fourth-order valence-electron chi connectivity index (χ4n) is 1.11. The number of rotatable bonds is 1. The van der Waals surface area contributed by atoms with Gasteiger partial charge in [-0.05, 0) is 12.1 Å². The van der Waals surface area contributed by atoms with Gasteiger partial charge in [-0.2, -0.15) is 0 Å². The smallest absolute Gasteiger partial charge is 0.116 e. The zero-order chi connectivity index (χ0) is 9.10. The van der Waals surface area contributed by atoms with Crippen LogP contribution in [-0.4, -0.2) is 9.97 Å². The molecule has 13 heavy (non-hydrogen) atoms. The Morgan fingerprint density at radius 3 is 2.92 bits per heavy atom. The molecule has 0 aliphatic heterocycles. The molecule has 1 radical (unpaired) electrons. The van der Waals surface area contributed by atoms with Crippen molar-refractivity contribution in [2.75, 3.05) is 5.73 Å². The van der Waals surface area contributed by atoms with Gasteiger partial charge in [0.1, 0.15) is 6.33 Å². The molecule has 0 spiro atoms. The molecule has 0 saturated carbocycles. The summed E-state index contributed by atoms with van der Waals surface area (Å²) in [6.07, 6.45) is 3.22. The summed E-state index contributed by atoms with van der Waals surface area (Å²) < 4.78 is 0. The van der Waals surface area contributed by atoms with Crippen LogP contribution in [0, 0.1) is 6.07 Å². The number of aromatic nitrogens is 2. The van der Waals surface area contributed by atoms with Crippen molar-refractivity contribution in [2.24, 2.45) is 0 Å². The van der Waals surface area contributed by atoms with Crippen LogP contribution < -0.4 is 5.73 Å². The highest BCUT2D eigenvalue weighted by Gasteiger charge is 1.97. The van der Waals surface area contributed by atoms with Crippen molar-refractivity contribution >= 4 is 5.69 Å². The number of nitrogen functional groups attached to an aromatic ring is 1. The number of nitrogens with zero attached hydrogens (tertiary/aromatic N) is 2. The van der Waals surface area contributed by atoms with Crippen molar-refractivity contribution in [3.8, 4) is 11.3 Å². The van der Waals surface area contributed by atoms with E-state index in [9.17, 15) is 0 Å². The second kappa shape index (κ2) is 3.23. The molecule has 0 fully saturated rings. The second-order valence-corrected chi connectivity index (χ2v) is 2.63. The van der Waals surface area contributed by atoms with Crippen LogP contribution in [-0.2, 0) is 0 Å². The minimum atomic E-state index is 0.621. The highest BCUT2D eigenvalue weighted by Crippen LogP contribution is 2.17. The van der Waals surface area contributed by atoms with Gasteiger partial charge >= 0.3 is 0 Å². The van der Waals surface area contributed by atoms with Crippen molar-refractivity contribution in [3.63, 3.8) is 0 Å². The Morgan fingerprint density at radius 1 is 1.31 bits per heavy atom. The predicted octanol–water partition coefficient (Wildman–Crippen LogP) is 1.53. The molecule has 3 nitrogen and oxygen atoms in total. The Bertz CT molecular complexity index is 398. The first kappa shape index (κ1) is 7.73. The van der Waals surface area contributed by atoms with Crippen LogP contribution in [0.25, 0.3) is 11.3 Å². The Kier molecular flexibility index (Phi) is 1.92. The summed E-state index contributed by atoms with van der Waals surface area (Å²) >= 11 is 0. The number of hydrogen-bond donors (Lipinski definition) is 1. The molecule has 2 rings (SSSR count). The predicted molar refractivity (Wildman–Crippen MR) is 50.7 cm³/mol. The topological polar surface area (TPSA) is 51.8 Å². The van der Waals surface area contributed by atoms with Crippen molar-refractivity contribution in [1.29, 1.82) is 0 Å². The van der Waals surface area contributed by atoms with Gasteiger partial charge in [0, 0.05) is 23.5 Å². The van der Waals surface area contributed by atoms with Gasteiger partial charge in [-0.3, -0.25) is 0 Å². The summed E-state index contributed by atoms with van der Waals surface area (Å²) in [4.78, 5) is 7.95. The molecule has 1 aromatic heterocycles. The molecule has 2 N–H and O–H groups in total. The molecule has 0 saturated heterocycles. The monoisotopic (exact) mass is 170 g/mol. The zero-order valence-electron chi connectivity index (χ0n) is 6.94. The van der Waals surface area contributed by atoms with Gasteiger partial charge in [0.25, 0.3) is 0 Å². The third kappa shape index (κ3) is 1.64. The highest BCUT2D eigenvalue weighted by atomic mass is 14.8. The van der Waals surface area contributed by atoms with E-state index in [0.717, 1.165) is 11.3 Å². The van der Waals surface area contributed by atoms with E-state index in [4.69, 9.17) is 5.73 Å².